The summed E-state index contributed by atoms with van der Waals surface area (Å²) in [6.07, 6.45) is 4.10. The van der Waals surface area contributed by atoms with E-state index in [-0.39, 0.29) is 5.91 Å². The van der Waals surface area contributed by atoms with Crippen molar-refractivity contribution in [1.82, 2.24) is 5.32 Å². The molecule has 5 heteroatoms. The molecule has 1 N–H and O–H groups in total. The Hall–Kier alpha value is -1.65. The Kier molecular flexibility index (Phi) is 4.83. The normalized spacial score (nSPS) is 22.2. The summed E-state index contributed by atoms with van der Waals surface area (Å²) >= 11 is 0. The summed E-state index contributed by atoms with van der Waals surface area (Å²) in [6.45, 7) is 4.39. The van der Waals surface area contributed by atoms with Gasteiger partial charge in [0.25, 0.3) is 0 Å². The number of nitrogens with zero attached hydrogens (tertiary/aromatic N) is 1. The van der Waals surface area contributed by atoms with Gasteiger partial charge in [-0.2, -0.15) is 0 Å². The van der Waals surface area contributed by atoms with Gasteiger partial charge in [0.05, 0.1) is 0 Å². The van der Waals surface area contributed by atoms with Crippen LogP contribution in [0.1, 0.15) is 32.6 Å². The van der Waals surface area contributed by atoms with Crippen molar-refractivity contribution >= 4 is 11.6 Å². The summed E-state index contributed by atoms with van der Waals surface area (Å²) in [5.74, 6) is 0.0993. The second-order valence-electron chi connectivity index (χ2n) is 7.02. The minimum absolute atomic E-state index is 0.135. The third-order valence-corrected chi connectivity index (χ3v) is 5.08. The number of hydrogen-bond donors (Lipinski definition) is 1. The van der Waals surface area contributed by atoms with Crippen LogP contribution in [-0.4, -0.2) is 25.5 Å². The SMILES string of the molecule is C[C@H](CC(=O)NC[C@H]1CCN(c2ccc(F)c(F)c2)C1)C1CC1. The lowest BCUT2D eigenvalue weighted by Crippen LogP contribution is -2.32. The number of benzene rings is 1. The predicted octanol–water partition coefficient (Wildman–Crippen LogP) is 3.34. The van der Waals surface area contributed by atoms with Crippen molar-refractivity contribution in [3.05, 3.63) is 29.8 Å². The molecule has 0 spiro atoms. The van der Waals surface area contributed by atoms with Crippen LogP contribution in [0.5, 0.6) is 0 Å². The van der Waals surface area contributed by atoms with Crippen molar-refractivity contribution in [2.45, 2.75) is 32.6 Å². The molecule has 0 bridgehead atoms. The quantitative estimate of drug-likeness (QED) is 0.871. The molecule has 1 heterocycles. The van der Waals surface area contributed by atoms with Crippen LogP contribution in [0.25, 0.3) is 0 Å². The van der Waals surface area contributed by atoms with Crippen LogP contribution in [0.4, 0.5) is 14.5 Å². The molecule has 1 aliphatic heterocycles. The third kappa shape index (κ3) is 4.21. The molecule has 1 saturated carbocycles. The zero-order chi connectivity index (χ0) is 16.4. The highest BCUT2D eigenvalue weighted by atomic mass is 19.2. The zero-order valence-corrected chi connectivity index (χ0v) is 13.5. The summed E-state index contributed by atoms with van der Waals surface area (Å²) in [5.41, 5.74) is 0.708. The molecule has 1 aromatic rings. The van der Waals surface area contributed by atoms with Gasteiger partial charge in [-0.15, -0.1) is 0 Å². The number of carbonyl (C=O) groups is 1. The van der Waals surface area contributed by atoms with E-state index in [1.54, 1.807) is 6.07 Å². The van der Waals surface area contributed by atoms with Crippen LogP contribution in [0, 0.1) is 29.4 Å². The molecule has 23 heavy (non-hydrogen) atoms. The maximum atomic E-state index is 13.3. The van der Waals surface area contributed by atoms with E-state index in [9.17, 15) is 13.6 Å². The van der Waals surface area contributed by atoms with E-state index in [1.807, 2.05) is 4.90 Å². The number of halogens is 2. The second-order valence-corrected chi connectivity index (χ2v) is 7.02. The van der Waals surface area contributed by atoms with Crippen molar-refractivity contribution in [1.29, 1.82) is 0 Å². The minimum atomic E-state index is -0.818. The molecule has 1 aliphatic carbocycles. The summed E-state index contributed by atoms with van der Waals surface area (Å²) in [7, 11) is 0. The van der Waals surface area contributed by atoms with Crippen molar-refractivity contribution in [3.63, 3.8) is 0 Å². The molecule has 2 aliphatic rings. The van der Waals surface area contributed by atoms with Crippen molar-refractivity contribution in [2.24, 2.45) is 17.8 Å². The first-order valence-electron chi connectivity index (χ1n) is 8.49. The highest BCUT2D eigenvalue weighted by Gasteiger charge is 2.29. The first-order valence-corrected chi connectivity index (χ1v) is 8.49. The van der Waals surface area contributed by atoms with E-state index in [4.69, 9.17) is 0 Å². The molecule has 1 amide bonds. The number of anilines is 1. The topological polar surface area (TPSA) is 32.3 Å². The van der Waals surface area contributed by atoms with Gasteiger partial charge in [-0.25, -0.2) is 8.78 Å². The van der Waals surface area contributed by atoms with E-state index < -0.39 is 11.6 Å². The van der Waals surface area contributed by atoms with Gasteiger partial charge in [0.15, 0.2) is 11.6 Å². The van der Waals surface area contributed by atoms with Gasteiger partial charge in [-0.05, 0) is 49.1 Å². The standard InChI is InChI=1S/C18H24F2N2O/c1-12(14-2-3-14)8-18(23)21-10-13-6-7-22(11-13)15-4-5-16(19)17(20)9-15/h4-5,9,12-14H,2-3,6-8,10-11H2,1H3,(H,21,23)/t12-,13-/m1/s1. The highest BCUT2D eigenvalue weighted by molar-refractivity contribution is 5.76. The van der Waals surface area contributed by atoms with Gasteiger partial charge in [0.2, 0.25) is 5.91 Å². The van der Waals surface area contributed by atoms with Crippen LogP contribution >= 0.6 is 0 Å². The van der Waals surface area contributed by atoms with E-state index in [2.05, 4.69) is 12.2 Å². The average Bonchev–Trinajstić information content (AvgIpc) is 3.27. The Morgan fingerprint density at radius 3 is 2.78 bits per heavy atom. The van der Waals surface area contributed by atoms with Crippen LogP contribution in [0.3, 0.4) is 0 Å². The van der Waals surface area contributed by atoms with Gasteiger partial charge in [0, 0.05) is 37.8 Å². The molecular formula is C18H24F2N2O. The Morgan fingerprint density at radius 1 is 1.30 bits per heavy atom. The molecule has 1 aromatic carbocycles. The Balaban J connectivity index is 1.44. The fourth-order valence-electron chi connectivity index (χ4n) is 3.37. The Bertz CT molecular complexity index is 574. The lowest BCUT2D eigenvalue weighted by Gasteiger charge is -2.19. The molecule has 2 atom stereocenters. The number of hydrogen-bond acceptors (Lipinski definition) is 2. The van der Waals surface area contributed by atoms with Crippen LogP contribution in [0.15, 0.2) is 18.2 Å². The number of carbonyl (C=O) groups excluding carboxylic acids is 1. The summed E-state index contributed by atoms with van der Waals surface area (Å²) in [5, 5.41) is 3.03. The maximum absolute atomic E-state index is 13.3. The lowest BCUT2D eigenvalue weighted by atomic mass is 10.0. The van der Waals surface area contributed by atoms with Crippen molar-refractivity contribution in [3.8, 4) is 0 Å². The van der Waals surface area contributed by atoms with Gasteiger partial charge < -0.3 is 10.2 Å². The Labute approximate surface area is 136 Å². The molecule has 0 aromatic heterocycles. The number of nitrogens with one attached hydrogen (secondary N) is 1. The number of rotatable bonds is 6. The van der Waals surface area contributed by atoms with Crippen LogP contribution < -0.4 is 10.2 Å². The molecule has 3 nitrogen and oxygen atoms in total. The fourth-order valence-corrected chi connectivity index (χ4v) is 3.37. The van der Waals surface area contributed by atoms with Gasteiger partial charge in [-0.3, -0.25) is 4.79 Å². The molecule has 126 valence electrons. The third-order valence-electron chi connectivity index (χ3n) is 5.08. The maximum Gasteiger partial charge on any atom is 0.220 e. The monoisotopic (exact) mass is 322 g/mol. The molecule has 3 rings (SSSR count). The van der Waals surface area contributed by atoms with E-state index in [0.29, 0.717) is 30.5 Å². The molecule has 1 saturated heterocycles. The van der Waals surface area contributed by atoms with E-state index in [0.717, 1.165) is 25.4 Å². The largest absolute Gasteiger partial charge is 0.371 e. The van der Waals surface area contributed by atoms with Gasteiger partial charge >= 0.3 is 0 Å². The van der Waals surface area contributed by atoms with E-state index >= 15 is 0 Å². The lowest BCUT2D eigenvalue weighted by molar-refractivity contribution is -0.122. The number of amides is 1. The van der Waals surface area contributed by atoms with Gasteiger partial charge in [-0.1, -0.05) is 6.92 Å². The van der Waals surface area contributed by atoms with Crippen molar-refractivity contribution < 1.29 is 13.6 Å². The molecule has 2 fully saturated rings. The van der Waals surface area contributed by atoms with Crippen molar-refractivity contribution in [2.75, 3.05) is 24.5 Å². The molecule has 0 unspecified atom stereocenters. The second kappa shape index (κ2) is 6.85. The van der Waals surface area contributed by atoms with Crippen LogP contribution in [-0.2, 0) is 4.79 Å². The van der Waals surface area contributed by atoms with Gasteiger partial charge in [0.1, 0.15) is 0 Å². The minimum Gasteiger partial charge on any atom is -0.371 e. The fraction of sp³-hybridized carbons (Fsp3) is 0.611. The Morgan fingerprint density at radius 2 is 2.09 bits per heavy atom. The molecular weight excluding hydrogens is 298 g/mol. The summed E-state index contributed by atoms with van der Waals surface area (Å²) in [4.78, 5) is 14.0. The zero-order valence-electron chi connectivity index (χ0n) is 13.5. The highest BCUT2D eigenvalue weighted by Crippen LogP contribution is 2.38. The summed E-state index contributed by atoms with van der Waals surface area (Å²) < 4.78 is 26.3. The summed E-state index contributed by atoms with van der Waals surface area (Å²) in [6, 6.07) is 4.02. The van der Waals surface area contributed by atoms with Crippen LogP contribution in [0.2, 0.25) is 0 Å². The first kappa shape index (κ1) is 16.2. The average molecular weight is 322 g/mol. The first-order chi connectivity index (χ1) is 11.0. The molecule has 0 radical (unpaired) electrons. The smallest absolute Gasteiger partial charge is 0.220 e. The predicted molar refractivity (Wildman–Crippen MR) is 86.2 cm³/mol. The van der Waals surface area contributed by atoms with E-state index in [1.165, 1.54) is 25.0 Å².